The number of hydrogen-bond acceptors (Lipinski definition) is 4. The number of methoxy groups -OCH3 is 1. The van der Waals surface area contributed by atoms with E-state index in [1.54, 1.807) is 18.7 Å². The molecule has 0 aliphatic heterocycles. The third-order valence-electron chi connectivity index (χ3n) is 4.41. The molecule has 0 bridgehead atoms. The fraction of sp³-hybridized carbons (Fsp3) is 0.0909. The van der Waals surface area contributed by atoms with Crippen LogP contribution in [0.5, 0.6) is 17.2 Å². The molecule has 0 unspecified atom stereocenters. The average Bonchev–Trinajstić information content (AvgIpc) is 2.72. The number of benzene rings is 3. The quantitative estimate of drug-likeness (QED) is 0.542. The Hall–Kier alpha value is -3.60. The van der Waals surface area contributed by atoms with Gasteiger partial charge >= 0.3 is 0 Å². The van der Waals surface area contributed by atoms with Gasteiger partial charge < -0.3 is 14.0 Å². The average molecular weight is 358 g/mol. The maximum atomic E-state index is 12.7. The van der Waals surface area contributed by atoms with Gasteiger partial charge in [-0.2, -0.15) is 0 Å². The molecule has 0 fully saturated rings. The lowest BCUT2D eigenvalue weighted by Crippen LogP contribution is -2.20. The first-order valence-corrected chi connectivity index (χ1v) is 8.54. The van der Waals surface area contributed by atoms with Gasteiger partial charge in [0.15, 0.2) is 0 Å². The molecule has 0 saturated heterocycles. The van der Waals surface area contributed by atoms with E-state index in [1.807, 2.05) is 72.8 Å². The van der Waals surface area contributed by atoms with E-state index >= 15 is 0 Å². The third-order valence-corrected chi connectivity index (χ3v) is 4.41. The van der Waals surface area contributed by atoms with Gasteiger partial charge in [0.25, 0.3) is 5.56 Å². The molecule has 0 aliphatic rings. The van der Waals surface area contributed by atoms with Crippen LogP contribution in [-0.2, 0) is 7.05 Å². The summed E-state index contributed by atoms with van der Waals surface area (Å²) in [5.41, 5.74) is 2.65. The van der Waals surface area contributed by atoms with Gasteiger partial charge in [0, 0.05) is 12.6 Å². The second-order valence-electron chi connectivity index (χ2n) is 6.12. The van der Waals surface area contributed by atoms with E-state index in [1.165, 1.54) is 0 Å². The second kappa shape index (κ2) is 6.96. The van der Waals surface area contributed by atoms with E-state index in [4.69, 9.17) is 9.47 Å². The van der Waals surface area contributed by atoms with Crippen LogP contribution in [0.4, 0.5) is 0 Å². The molecule has 0 saturated carbocycles. The van der Waals surface area contributed by atoms with Crippen LogP contribution in [0.3, 0.4) is 0 Å². The summed E-state index contributed by atoms with van der Waals surface area (Å²) in [6.07, 6.45) is 0. The molecule has 0 N–H and O–H groups in total. The number of aromatic nitrogens is 2. The molecule has 5 nitrogen and oxygen atoms in total. The highest BCUT2D eigenvalue weighted by Crippen LogP contribution is 2.26. The minimum atomic E-state index is -0.127. The Morgan fingerprint density at radius 3 is 2.07 bits per heavy atom. The summed E-state index contributed by atoms with van der Waals surface area (Å²) in [6, 6.07) is 22.3. The molecule has 0 aliphatic carbocycles. The minimum Gasteiger partial charge on any atom is -0.497 e. The SMILES string of the molecule is COc1ccc(Oc2ccc(-c3nc4ccccc4n(C)c3=O)cc2)cc1. The molecule has 3 aromatic carbocycles. The Bertz CT molecular complexity index is 1150. The predicted octanol–water partition coefficient (Wildman–Crippen LogP) is 4.40. The summed E-state index contributed by atoms with van der Waals surface area (Å²) in [7, 11) is 3.39. The van der Waals surface area contributed by atoms with Crippen molar-refractivity contribution in [1.29, 1.82) is 0 Å². The molecule has 5 heteroatoms. The molecular weight excluding hydrogens is 340 g/mol. The van der Waals surface area contributed by atoms with Gasteiger partial charge in [-0.25, -0.2) is 4.98 Å². The van der Waals surface area contributed by atoms with Crippen LogP contribution in [0, 0.1) is 0 Å². The number of nitrogens with zero attached hydrogens (tertiary/aromatic N) is 2. The molecule has 134 valence electrons. The fourth-order valence-electron chi connectivity index (χ4n) is 2.93. The number of ether oxygens (including phenoxy) is 2. The number of para-hydroxylation sites is 2. The monoisotopic (exact) mass is 358 g/mol. The van der Waals surface area contributed by atoms with Gasteiger partial charge in [-0.05, 0) is 60.7 Å². The van der Waals surface area contributed by atoms with E-state index in [0.29, 0.717) is 17.2 Å². The van der Waals surface area contributed by atoms with Gasteiger partial charge in [-0.3, -0.25) is 4.79 Å². The fourth-order valence-corrected chi connectivity index (χ4v) is 2.93. The smallest absolute Gasteiger partial charge is 0.277 e. The van der Waals surface area contributed by atoms with Crippen molar-refractivity contribution in [2.24, 2.45) is 7.05 Å². The third kappa shape index (κ3) is 3.27. The summed E-state index contributed by atoms with van der Waals surface area (Å²) < 4.78 is 12.6. The molecular formula is C22H18N2O3. The number of aryl methyl sites for hydroxylation is 1. The zero-order chi connectivity index (χ0) is 18.8. The van der Waals surface area contributed by atoms with E-state index < -0.39 is 0 Å². The van der Waals surface area contributed by atoms with Crippen molar-refractivity contribution in [3.63, 3.8) is 0 Å². The summed E-state index contributed by atoms with van der Waals surface area (Å²) in [6.45, 7) is 0. The van der Waals surface area contributed by atoms with Crippen LogP contribution in [0.1, 0.15) is 0 Å². The Morgan fingerprint density at radius 2 is 1.41 bits per heavy atom. The molecule has 1 aromatic heterocycles. The van der Waals surface area contributed by atoms with Crippen molar-refractivity contribution in [3.05, 3.63) is 83.2 Å². The van der Waals surface area contributed by atoms with E-state index in [2.05, 4.69) is 4.98 Å². The number of rotatable bonds is 4. The molecule has 0 atom stereocenters. The van der Waals surface area contributed by atoms with Gasteiger partial charge in [0.1, 0.15) is 22.9 Å². The van der Waals surface area contributed by atoms with Crippen molar-refractivity contribution < 1.29 is 9.47 Å². The highest BCUT2D eigenvalue weighted by atomic mass is 16.5. The van der Waals surface area contributed by atoms with Crippen LogP contribution in [0.15, 0.2) is 77.6 Å². The largest absolute Gasteiger partial charge is 0.497 e. The lowest BCUT2D eigenvalue weighted by Gasteiger charge is -2.09. The highest BCUT2D eigenvalue weighted by molar-refractivity contribution is 5.77. The van der Waals surface area contributed by atoms with Crippen molar-refractivity contribution >= 4 is 11.0 Å². The number of fused-ring (bicyclic) bond motifs is 1. The first-order chi connectivity index (χ1) is 13.2. The lowest BCUT2D eigenvalue weighted by atomic mass is 10.1. The lowest BCUT2D eigenvalue weighted by molar-refractivity contribution is 0.413. The summed E-state index contributed by atoms with van der Waals surface area (Å²) >= 11 is 0. The van der Waals surface area contributed by atoms with Crippen LogP contribution in [-0.4, -0.2) is 16.7 Å². The Morgan fingerprint density at radius 1 is 0.815 bits per heavy atom. The first kappa shape index (κ1) is 16.8. The standard InChI is InChI=1S/C22H18N2O3/c1-24-20-6-4-3-5-19(20)23-21(22(24)25)15-7-9-17(10-8-15)27-18-13-11-16(26-2)12-14-18/h3-14H,1-2H3. The summed E-state index contributed by atoms with van der Waals surface area (Å²) in [5, 5.41) is 0. The van der Waals surface area contributed by atoms with Crippen molar-refractivity contribution in [2.45, 2.75) is 0 Å². The molecule has 0 amide bonds. The van der Waals surface area contributed by atoms with Crippen LogP contribution < -0.4 is 15.0 Å². The number of hydrogen-bond donors (Lipinski definition) is 0. The Balaban J connectivity index is 1.65. The maximum absolute atomic E-state index is 12.7. The molecule has 27 heavy (non-hydrogen) atoms. The molecule has 1 heterocycles. The molecule has 0 spiro atoms. The Kier molecular flexibility index (Phi) is 4.34. The normalized spacial score (nSPS) is 10.7. The van der Waals surface area contributed by atoms with E-state index in [9.17, 15) is 4.79 Å². The Labute approximate surface area is 156 Å². The van der Waals surface area contributed by atoms with Crippen molar-refractivity contribution in [3.8, 4) is 28.5 Å². The van der Waals surface area contributed by atoms with E-state index in [-0.39, 0.29) is 5.56 Å². The van der Waals surface area contributed by atoms with Crippen LogP contribution >= 0.6 is 0 Å². The molecule has 0 radical (unpaired) electrons. The maximum Gasteiger partial charge on any atom is 0.277 e. The molecule has 4 rings (SSSR count). The van der Waals surface area contributed by atoms with Crippen LogP contribution in [0.2, 0.25) is 0 Å². The van der Waals surface area contributed by atoms with Crippen molar-refractivity contribution in [2.75, 3.05) is 7.11 Å². The first-order valence-electron chi connectivity index (χ1n) is 8.54. The van der Waals surface area contributed by atoms with E-state index in [0.717, 1.165) is 22.3 Å². The predicted molar refractivity (Wildman–Crippen MR) is 105 cm³/mol. The van der Waals surface area contributed by atoms with Gasteiger partial charge in [-0.15, -0.1) is 0 Å². The highest BCUT2D eigenvalue weighted by Gasteiger charge is 2.10. The zero-order valence-electron chi connectivity index (χ0n) is 15.0. The second-order valence-corrected chi connectivity index (χ2v) is 6.12. The topological polar surface area (TPSA) is 53.4 Å². The summed E-state index contributed by atoms with van der Waals surface area (Å²) in [5.74, 6) is 2.17. The zero-order valence-corrected chi connectivity index (χ0v) is 15.0. The van der Waals surface area contributed by atoms with Gasteiger partial charge in [0.2, 0.25) is 0 Å². The van der Waals surface area contributed by atoms with Gasteiger partial charge in [0.05, 0.1) is 18.1 Å². The minimum absolute atomic E-state index is 0.127. The van der Waals surface area contributed by atoms with Crippen LogP contribution in [0.25, 0.3) is 22.3 Å². The molecule has 4 aromatic rings. The van der Waals surface area contributed by atoms with Gasteiger partial charge in [-0.1, -0.05) is 12.1 Å². The van der Waals surface area contributed by atoms with Crippen molar-refractivity contribution in [1.82, 2.24) is 9.55 Å². The summed E-state index contributed by atoms with van der Waals surface area (Å²) in [4.78, 5) is 17.2.